The van der Waals surface area contributed by atoms with Gasteiger partial charge < -0.3 is 0 Å². The lowest BCUT2D eigenvalue weighted by molar-refractivity contribution is -0.119. The van der Waals surface area contributed by atoms with Crippen molar-refractivity contribution in [3.8, 4) is 0 Å². The Bertz CT molecular complexity index is 545. The van der Waals surface area contributed by atoms with Crippen LogP contribution in [0.25, 0.3) is 0 Å². The Kier molecular flexibility index (Phi) is 7.31. The van der Waals surface area contributed by atoms with Gasteiger partial charge in [-0.3, -0.25) is 0 Å². The maximum atomic E-state index is 15.5. The smallest absolute Gasteiger partial charge is 0.238 e. The van der Waals surface area contributed by atoms with Crippen LogP contribution < -0.4 is 0 Å². The van der Waals surface area contributed by atoms with Crippen molar-refractivity contribution >= 4 is 0 Å². The highest BCUT2D eigenvalue weighted by Gasteiger charge is 2.53. The van der Waals surface area contributed by atoms with Crippen molar-refractivity contribution in [2.45, 2.75) is 102 Å². The van der Waals surface area contributed by atoms with E-state index in [0.29, 0.717) is 24.7 Å². The molecule has 2 fully saturated rings. The SMILES string of the molecule is CCCCCC1CCC(C2CCC(C3(F)CC=CC=C3C(F)(F)F)CC2)CC1. The minimum Gasteiger partial charge on any atom is -0.238 e. The average molecular weight is 401 g/mol. The summed E-state index contributed by atoms with van der Waals surface area (Å²) in [5.41, 5.74) is -3.19. The van der Waals surface area contributed by atoms with E-state index in [4.69, 9.17) is 0 Å². The zero-order valence-electron chi connectivity index (χ0n) is 17.2. The summed E-state index contributed by atoms with van der Waals surface area (Å²) in [6, 6.07) is 0. The summed E-state index contributed by atoms with van der Waals surface area (Å²) < 4.78 is 55.6. The Balaban J connectivity index is 1.50. The fourth-order valence-electron chi connectivity index (χ4n) is 6.05. The van der Waals surface area contributed by atoms with Gasteiger partial charge in [0.15, 0.2) is 0 Å². The summed E-state index contributed by atoms with van der Waals surface area (Å²) >= 11 is 0. The second-order valence-corrected chi connectivity index (χ2v) is 9.46. The van der Waals surface area contributed by atoms with Crippen LogP contribution in [-0.2, 0) is 0 Å². The molecule has 3 aliphatic carbocycles. The summed E-state index contributed by atoms with van der Waals surface area (Å²) in [7, 11) is 0. The van der Waals surface area contributed by atoms with Crippen LogP contribution in [0.1, 0.15) is 90.4 Å². The van der Waals surface area contributed by atoms with Crippen LogP contribution in [0.5, 0.6) is 0 Å². The van der Waals surface area contributed by atoms with E-state index in [1.807, 2.05) is 0 Å². The molecule has 0 aromatic carbocycles. The third-order valence-electron chi connectivity index (χ3n) is 7.76. The number of allylic oxidation sites excluding steroid dienone is 4. The number of unbranched alkanes of at least 4 members (excludes halogenated alkanes) is 2. The molecule has 0 radical (unpaired) electrons. The maximum Gasteiger partial charge on any atom is 0.415 e. The number of halogens is 4. The lowest BCUT2D eigenvalue weighted by Gasteiger charge is -2.43. The van der Waals surface area contributed by atoms with Gasteiger partial charge in [0.25, 0.3) is 0 Å². The molecular formula is C24H36F4. The number of hydrogen-bond acceptors (Lipinski definition) is 0. The van der Waals surface area contributed by atoms with Gasteiger partial charge in [-0.05, 0) is 62.2 Å². The Morgan fingerprint density at radius 1 is 0.929 bits per heavy atom. The van der Waals surface area contributed by atoms with Crippen LogP contribution in [0.3, 0.4) is 0 Å². The van der Waals surface area contributed by atoms with Crippen LogP contribution in [0.4, 0.5) is 17.6 Å². The summed E-state index contributed by atoms with van der Waals surface area (Å²) in [5, 5.41) is 0. The van der Waals surface area contributed by atoms with Gasteiger partial charge in [0.05, 0.1) is 5.57 Å². The summed E-state index contributed by atoms with van der Waals surface area (Å²) in [6.07, 6.45) is 12.6. The van der Waals surface area contributed by atoms with E-state index in [1.165, 1.54) is 57.4 Å². The van der Waals surface area contributed by atoms with Crippen molar-refractivity contribution in [2.24, 2.45) is 23.7 Å². The van der Waals surface area contributed by atoms with E-state index in [9.17, 15) is 13.2 Å². The first kappa shape index (κ1) is 21.9. The van der Waals surface area contributed by atoms with Gasteiger partial charge in [-0.2, -0.15) is 13.2 Å². The Morgan fingerprint density at radius 2 is 1.54 bits per heavy atom. The van der Waals surface area contributed by atoms with E-state index < -0.39 is 23.3 Å². The Morgan fingerprint density at radius 3 is 2.11 bits per heavy atom. The minimum atomic E-state index is -4.58. The van der Waals surface area contributed by atoms with Crippen molar-refractivity contribution in [1.82, 2.24) is 0 Å². The van der Waals surface area contributed by atoms with Gasteiger partial charge in [-0.1, -0.05) is 63.7 Å². The van der Waals surface area contributed by atoms with E-state index in [-0.39, 0.29) is 6.42 Å². The number of rotatable bonds is 6. The molecule has 0 aliphatic heterocycles. The van der Waals surface area contributed by atoms with Gasteiger partial charge in [0, 0.05) is 6.42 Å². The van der Waals surface area contributed by atoms with Crippen LogP contribution >= 0.6 is 0 Å². The lowest BCUT2D eigenvalue weighted by Crippen LogP contribution is -2.43. The third-order valence-corrected chi connectivity index (χ3v) is 7.76. The van der Waals surface area contributed by atoms with Gasteiger partial charge in [-0.15, -0.1) is 0 Å². The van der Waals surface area contributed by atoms with Crippen LogP contribution in [-0.4, -0.2) is 11.8 Å². The van der Waals surface area contributed by atoms with Crippen LogP contribution in [0.2, 0.25) is 0 Å². The molecule has 0 bridgehead atoms. The highest BCUT2D eigenvalue weighted by atomic mass is 19.4. The normalized spacial score (nSPS) is 37.0. The standard InChI is InChI=1S/C24H36F4/c1-2-3-4-7-18-9-11-19(12-10-18)20-13-15-21(16-14-20)23(25)17-6-5-8-22(23)24(26,27)28/h5-6,8,18-21H,2-4,7,9-17H2,1H3. The monoisotopic (exact) mass is 400 g/mol. The van der Waals surface area contributed by atoms with E-state index in [2.05, 4.69) is 6.92 Å². The fraction of sp³-hybridized carbons (Fsp3) is 0.833. The second-order valence-electron chi connectivity index (χ2n) is 9.46. The fourth-order valence-corrected chi connectivity index (χ4v) is 6.05. The Labute approximate surface area is 167 Å². The molecule has 160 valence electrons. The van der Waals surface area contributed by atoms with Crippen LogP contribution in [0, 0.1) is 23.7 Å². The molecular weight excluding hydrogens is 364 g/mol. The summed E-state index contributed by atoms with van der Waals surface area (Å²) in [4.78, 5) is 0. The molecule has 1 unspecified atom stereocenters. The molecule has 0 nitrogen and oxygen atoms in total. The largest absolute Gasteiger partial charge is 0.415 e. The number of alkyl halides is 4. The molecule has 28 heavy (non-hydrogen) atoms. The minimum absolute atomic E-state index is 0.128. The first-order valence-electron chi connectivity index (χ1n) is 11.5. The van der Waals surface area contributed by atoms with Gasteiger partial charge >= 0.3 is 6.18 Å². The van der Waals surface area contributed by atoms with Gasteiger partial charge in [0.2, 0.25) is 0 Å². The molecule has 0 aromatic rings. The zero-order valence-corrected chi connectivity index (χ0v) is 17.2. The summed E-state index contributed by atoms with van der Waals surface area (Å²) in [6.45, 7) is 2.24. The molecule has 0 amide bonds. The van der Waals surface area contributed by atoms with Crippen molar-refractivity contribution in [2.75, 3.05) is 0 Å². The molecule has 0 saturated heterocycles. The summed E-state index contributed by atoms with van der Waals surface area (Å²) in [5.74, 6) is 1.69. The third kappa shape index (κ3) is 5.02. The zero-order chi connectivity index (χ0) is 20.2. The molecule has 0 aromatic heterocycles. The first-order chi connectivity index (χ1) is 13.3. The van der Waals surface area contributed by atoms with Crippen molar-refractivity contribution < 1.29 is 17.6 Å². The van der Waals surface area contributed by atoms with Crippen molar-refractivity contribution in [3.05, 3.63) is 23.8 Å². The number of hydrogen-bond donors (Lipinski definition) is 0. The lowest BCUT2D eigenvalue weighted by atomic mass is 9.64. The van der Waals surface area contributed by atoms with Gasteiger partial charge in [0.1, 0.15) is 5.67 Å². The second kappa shape index (κ2) is 9.34. The molecule has 2 saturated carbocycles. The molecule has 1 atom stereocenters. The quantitative estimate of drug-likeness (QED) is 0.310. The molecule has 3 rings (SSSR count). The molecule has 0 spiro atoms. The average Bonchev–Trinajstić information content (AvgIpc) is 2.68. The highest BCUT2D eigenvalue weighted by molar-refractivity contribution is 5.33. The first-order valence-corrected chi connectivity index (χ1v) is 11.5. The van der Waals surface area contributed by atoms with E-state index in [1.54, 1.807) is 6.08 Å². The Hall–Kier alpha value is -0.800. The molecule has 0 N–H and O–H groups in total. The van der Waals surface area contributed by atoms with E-state index >= 15 is 4.39 Å². The predicted molar refractivity (Wildman–Crippen MR) is 107 cm³/mol. The molecule has 3 aliphatic rings. The predicted octanol–water partition coefficient (Wildman–Crippen LogP) is 8.34. The van der Waals surface area contributed by atoms with Gasteiger partial charge in [-0.25, -0.2) is 4.39 Å². The molecule has 4 heteroatoms. The highest BCUT2D eigenvalue weighted by Crippen LogP contribution is 2.51. The maximum absolute atomic E-state index is 15.5. The topological polar surface area (TPSA) is 0 Å². The van der Waals surface area contributed by atoms with Crippen molar-refractivity contribution in [3.63, 3.8) is 0 Å². The molecule has 0 heterocycles. The van der Waals surface area contributed by atoms with Crippen LogP contribution in [0.15, 0.2) is 23.8 Å². The van der Waals surface area contributed by atoms with E-state index in [0.717, 1.165) is 24.8 Å². The van der Waals surface area contributed by atoms with Crippen molar-refractivity contribution in [1.29, 1.82) is 0 Å².